The van der Waals surface area contributed by atoms with Gasteiger partial charge in [-0.15, -0.1) is 0 Å². The van der Waals surface area contributed by atoms with E-state index in [-0.39, 0.29) is 36.3 Å². The number of ether oxygens (including phenoxy) is 1. The summed E-state index contributed by atoms with van der Waals surface area (Å²) in [6.45, 7) is 0.429. The summed E-state index contributed by atoms with van der Waals surface area (Å²) in [5.41, 5.74) is 3.07. The number of hydrogen-bond donors (Lipinski definition) is 2. The van der Waals surface area contributed by atoms with E-state index in [0.29, 0.717) is 34.7 Å². The number of carbonyl (C=O) groups is 3. The van der Waals surface area contributed by atoms with Crippen LogP contribution in [0.5, 0.6) is 5.75 Å². The molecule has 0 bridgehead atoms. The minimum Gasteiger partial charge on any atom is -0.497 e. The number of para-hydroxylation sites is 1. The molecule has 9 nitrogen and oxygen atoms in total. The van der Waals surface area contributed by atoms with Crippen molar-refractivity contribution in [2.24, 2.45) is 9.98 Å². The second-order valence-corrected chi connectivity index (χ2v) is 9.86. The van der Waals surface area contributed by atoms with E-state index in [2.05, 4.69) is 15.6 Å². The van der Waals surface area contributed by atoms with Crippen LogP contribution in [0.4, 0.5) is 11.4 Å². The van der Waals surface area contributed by atoms with Crippen LogP contribution in [0.25, 0.3) is 0 Å². The summed E-state index contributed by atoms with van der Waals surface area (Å²) in [5.74, 6) is 0.617. The molecule has 5 rings (SSSR count). The van der Waals surface area contributed by atoms with Crippen LogP contribution in [-0.2, 0) is 20.9 Å². The minimum atomic E-state index is -0.701. The Balaban J connectivity index is 1.23. The molecule has 0 aromatic heterocycles. The van der Waals surface area contributed by atoms with Gasteiger partial charge in [0.15, 0.2) is 5.17 Å². The van der Waals surface area contributed by atoms with E-state index in [4.69, 9.17) is 9.73 Å². The van der Waals surface area contributed by atoms with E-state index in [1.807, 2.05) is 54.6 Å². The van der Waals surface area contributed by atoms with Gasteiger partial charge >= 0.3 is 0 Å². The number of amidine groups is 2. The Kier molecular flexibility index (Phi) is 8.02. The van der Waals surface area contributed by atoms with Gasteiger partial charge in [-0.2, -0.15) is 0 Å². The van der Waals surface area contributed by atoms with E-state index >= 15 is 0 Å². The summed E-state index contributed by atoms with van der Waals surface area (Å²) < 4.78 is 5.15. The largest absolute Gasteiger partial charge is 0.497 e. The van der Waals surface area contributed by atoms with Gasteiger partial charge in [0.25, 0.3) is 5.91 Å². The number of fused-ring (bicyclic) bond motifs is 3. The highest BCUT2D eigenvalue weighted by molar-refractivity contribution is 8.14. The molecule has 1 unspecified atom stereocenters. The summed E-state index contributed by atoms with van der Waals surface area (Å²) in [4.78, 5) is 49.3. The lowest BCUT2D eigenvalue weighted by Gasteiger charge is -2.25. The number of amides is 3. The standard InChI is InChI=1S/C29H27N5O4S/c1-38-21-13-11-20(12-14-21)31-26(36)18-39-29-33-23-10-6-5-9-22(23)27-32-24(28(37)34(27)29)15-16-25(35)30-17-19-7-3-2-4-8-19/h2-14,24H,15-18H2,1H3,(H,30,35)(H,31,36). The van der Waals surface area contributed by atoms with Crippen LogP contribution in [0.2, 0.25) is 0 Å². The average Bonchev–Trinajstić information content (AvgIpc) is 3.31. The molecule has 3 amide bonds. The number of hydrogen-bond acceptors (Lipinski definition) is 7. The summed E-state index contributed by atoms with van der Waals surface area (Å²) in [7, 11) is 1.58. The van der Waals surface area contributed by atoms with Crippen LogP contribution in [0.15, 0.2) is 88.8 Å². The lowest BCUT2D eigenvalue weighted by atomic mass is 10.1. The van der Waals surface area contributed by atoms with Gasteiger partial charge < -0.3 is 15.4 Å². The lowest BCUT2D eigenvalue weighted by Crippen LogP contribution is -2.41. The number of thioether (sulfide) groups is 1. The molecule has 3 aromatic rings. The molecule has 0 aliphatic carbocycles. The average molecular weight is 542 g/mol. The normalized spacial score (nSPS) is 15.6. The topological polar surface area (TPSA) is 112 Å². The number of carbonyl (C=O) groups excluding carboxylic acids is 3. The highest BCUT2D eigenvalue weighted by atomic mass is 32.2. The first-order chi connectivity index (χ1) is 19.0. The van der Waals surface area contributed by atoms with Crippen molar-refractivity contribution in [1.29, 1.82) is 0 Å². The fourth-order valence-corrected chi connectivity index (χ4v) is 5.04. The Bertz CT molecular complexity index is 1440. The van der Waals surface area contributed by atoms with Crippen molar-refractivity contribution in [1.82, 2.24) is 10.2 Å². The minimum absolute atomic E-state index is 0.0522. The van der Waals surface area contributed by atoms with E-state index in [0.717, 1.165) is 11.1 Å². The monoisotopic (exact) mass is 541 g/mol. The number of anilines is 1. The maximum absolute atomic E-state index is 13.4. The van der Waals surface area contributed by atoms with Crippen molar-refractivity contribution < 1.29 is 19.1 Å². The highest BCUT2D eigenvalue weighted by Crippen LogP contribution is 2.34. The first-order valence-corrected chi connectivity index (χ1v) is 13.5. The predicted octanol–water partition coefficient (Wildman–Crippen LogP) is 4.12. The van der Waals surface area contributed by atoms with Crippen LogP contribution >= 0.6 is 11.8 Å². The number of benzene rings is 3. The fraction of sp³-hybridized carbons (Fsp3) is 0.207. The molecule has 10 heteroatoms. The Morgan fingerprint density at radius 3 is 2.49 bits per heavy atom. The molecule has 2 aliphatic rings. The van der Waals surface area contributed by atoms with Crippen molar-refractivity contribution in [3.05, 3.63) is 90.0 Å². The lowest BCUT2D eigenvalue weighted by molar-refractivity contribution is -0.125. The van der Waals surface area contributed by atoms with Crippen molar-refractivity contribution >= 4 is 51.9 Å². The molecule has 0 saturated heterocycles. The van der Waals surface area contributed by atoms with Gasteiger partial charge in [0, 0.05) is 24.2 Å². The van der Waals surface area contributed by atoms with Gasteiger partial charge in [0.1, 0.15) is 17.6 Å². The van der Waals surface area contributed by atoms with Gasteiger partial charge in [-0.25, -0.2) is 9.89 Å². The van der Waals surface area contributed by atoms with Crippen molar-refractivity contribution in [2.45, 2.75) is 25.4 Å². The molecule has 2 aliphatic heterocycles. The van der Waals surface area contributed by atoms with Gasteiger partial charge in [-0.05, 0) is 48.4 Å². The second kappa shape index (κ2) is 12.0. The summed E-state index contributed by atoms with van der Waals surface area (Å²) in [5, 5.41) is 6.12. The number of aliphatic imine (C=N–C) groups is 2. The molecular formula is C29H27N5O4S. The zero-order valence-electron chi connectivity index (χ0n) is 21.3. The number of methoxy groups -OCH3 is 1. The smallest absolute Gasteiger partial charge is 0.259 e. The first-order valence-electron chi connectivity index (χ1n) is 12.5. The van der Waals surface area contributed by atoms with Crippen LogP contribution in [-0.4, -0.2) is 52.5 Å². The predicted molar refractivity (Wildman–Crippen MR) is 152 cm³/mol. The molecule has 0 saturated carbocycles. The first kappa shape index (κ1) is 26.2. The molecule has 2 heterocycles. The SMILES string of the molecule is COc1ccc(NC(=O)CSC2=Nc3ccccc3C3=NC(CCC(=O)NCc4ccccc4)C(=O)N23)cc1. The Hall–Kier alpha value is -4.44. The summed E-state index contributed by atoms with van der Waals surface area (Å²) >= 11 is 1.17. The Morgan fingerprint density at radius 2 is 1.72 bits per heavy atom. The van der Waals surface area contributed by atoms with E-state index in [9.17, 15) is 14.4 Å². The van der Waals surface area contributed by atoms with E-state index in [1.54, 1.807) is 31.4 Å². The Morgan fingerprint density at radius 1 is 0.974 bits per heavy atom. The number of nitrogens with zero attached hydrogens (tertiary/aromatic N) is 3. The third-order valence-corrected chi connectivity index (χ3v) is 7.17. The van der Waals surface area contributed by atoms with Crippen molar-refractivity contribution in [3.8, 4) is 5.75 Å². The molecule has 39 heavy (non-hydrogen) atoms. The zero-order chi connectivity index (χ0) is 27.2. The highest BCUT2D eigenvalue weighted by Gasteiger charge is 2.41. The zero-order valence-corrected chi connectivity index (χ0v) is 22.1. The summed E-state index contributed by atoms with van der Waals surface area (Å²) in [6.07, 6.45) is 0.441. The van der Waals surface area contributed by atoms with Crippen LogP contribution in [0, 0.1) is 0 Å². The number of rotatable bonds is 9. The molecule has 1 atom stereocenters. The maximum atomic E-state index is 13.4. The van der Waals surface area contributed by atoms with Crippen molar-refractivity contribution in [3.63, 3.8) is 0 Å². The van der Waals surface area contributed by atoms with Gasteiger partial charge in [0.05, 0.1) is 18.6 Å². The fourth-order valence-electron chi connectivity index (χ4n) is 4.24. The maximum Gasteiger partial charge on any atom is 0.259 e. The molecule has 0 radical (unpaired) electrons. The van der Waals surface area contributed by atoms with Crippen LogP contribution in [0.1, 0.15) is 24.0 Å². The third-order valence-electron chi connectivity index (χ3n) is 6.23. The molecule has 2 N–H and O–H groups in total. The van der Waals surface area contributed by atoms with Gasteiger partial charge in [-0.3, -0.25) is 19.4 Å². The van der Waals surface area contributed by atoms with Gasteiger partial charge in [-0.1, -0.05) is 54.2 Å². The van der Waals surface area contributed by atoms with Crippen LogP contribution < -0.4 is 15.4 Å². The third kappa shape index (κ3) is 6.18. The van der Waals surface area contributed by atoms with Gasteiger partial charge in [0.2, 0.25) is 11.8 Å². The van der Waals surface area contributed by atoms with Crippen LogP contribution in [0.3, 0.4) is 0 Å². The molecule has 3 aromatic carbocycles. The number of nitrogens with one attached hydrogen (secondary N) is 2. The molecule has 198 valence electrons. The van der Waals surface area contributed by atoms with Crippen molar-refractivity contribution in [2.75, 3.05) is 18.2 Å². The van der Waals surface area contributed by atoms with E-state index in [1.165, 1.54) is 16.7 Å². The van der Waals surface area contributed by atoms with E-state index < -0.39 is 6.04 Å². The summed E-state index contributed by atoms with van der Waals surface area (Å²) in [6, 6.07) is 23.4. The quantitative estimate of drug-likeness (QED) is 0.423. The molecule has 0 fully saturated rings. The second-order valence-electron chi connectivity index (χ2n) is 8.92. The Labute approximate surface area is 230 Å². The molecule has 0 spiro atoms. The molecular weight excluding hydrogens is 514 g/mol.